The van der Waals surface area contributed by atoms with E-state index in [0.29, 0.717) is 30.9 Å². The third kappa shape index (κ3) is 4.38. The van der Waals surface area contributed by atoms with E-state index >= 15 is 0 Å². The fourth-order valence-corrected chi connectivity index (χ4v) is 4.40. The second-order valence-electron chi connectivity index (χ2n) is 8.36. The maximum absolute atomic E-state index is 13.1. The summed E-state index contributed by atoms with van der Waals surface area (Å²) in [5.41, 5.74) is 2.32. The molecular formula is C27H30N2O4. The molecule has 1 amide bonds. The van der Waals surface area contributed by atoms with Crippen LogP contribution in [0.2, 0.25) is 0 Å². The highest BCUT2D eigenvalue weighted by atomic mass is 16.5. The van der Waals surface area contributed by atoms with Gasteiger partial charge in [-0.15, -0.1) is 0 Å². The molecule has 33 heavy (non-hydrogen) atoms. The molecule has 1 fully saturated rings. The molecule has 4 rings (SSSR count). The summed E-state index contributed by atoms with van der Waals surface area (Å²) in [6.45, 7) is 5.17. The number of aliphatic hydroxyl groups is 1. The van der Waals surface area contributed by atoms with E-state index in [1.54, 1.807) is 29.2 Å². The van der Waals surface area contributed by atoms with Gasteiger partial charge in [0.15, 0.2) is 0 Å². The Bertz CT molecular complexity index is 1180. The maximum Gasteiger partial charge on any atom is 0.295 e. The lowest BCUT2D eigenvalue weighted by Crippen LogP contribution is -2.30. The number of hydrogen-bond donors (Lipinski definition) is 2. The molecule has 0 saturated carbocycles. The van der Waals surface area contributed by atoms with Crippen LogP contribution in [0.4, 0.5) is 0 Å². The number of carbonyl (C=O) groups excluding carboxylic acids is 2. The Morgan fingerprint density at radius 2 is 1.79 bits per heavy atom. The van der Waals surface area contributed by atoms with Crippen molar-refractivity contribution < 1.29 is 19.4 Å². The first-order valence-corrected chi connectivity index (χ1v) is 11.6. The third-order valence-electron chi connectivity index (χ3n) is 6.06. The smallest absolute Gasteiger partial charge is 0.295 e. The molecule has 2 N–H and O–H groups in total. The van der Waals surface area contributed by atoms with Gasteiger partial charge in [0.1, 0.15) is 11.5 Å². The normalized spacial score (nSPS) is 17.8. The molecule has 1 aliphatic rings. The Labute approximate surface area is 193 Å². The van der Waals surface area contributed by atoms with Crippen LogP contribution >= 0.6 is 0 Å². The monoisotopic (exact) mass is 446 g/mol. The van der Waals surface area contributed by atoms with Crippen molar-refractivity contribution in [3.05, 3.63) is 71.4 Å². The van der Waals surface area contributed by atoms with Crippen molar-refractivity contribution in [3.63, 3.8) is 0 Å². The van der Waals surface area contributed by atoms with Gasteiger partial charge in [0, 0.05) is 34.8 Å². The summed E-state index contributed by atoms with van der Waals surface area (Å²) < 4.78 is 5.75. The Morgan fingerprint density at radius 1 is 1.03 bits per heavy atom. The number of aliphatic hydroxyl groups excluding tert-OH is 1. The van der Waals surface area contributed by atoms with Crippen molar-refractivity contribution in [2.75, 3.05) is 13.2 Å². The third-order valence-corrected chi connectivity index (χ3v) is 6.06. The van der Waals surface area contributed by atoms with E-state index in [2.05, 4.69) is 11.9 Å². The predicted octanol–water partition coefficient (Wildman–Crippen LogP) is 5.57. The zero-order valence-electron chi connectivity index (χ0n) is 19.1. The number of para-hydroxylation sites is 1. The van der Waals surface area contributed by atoms with Crippen molar-refractivity contribution >= 4 is 28.4 Å². The number of Topliss-reactive ketones (excluding diaryl/α,β-unsaturated/α-hetero) is 1. The fraction of sp³-hybridized carbons (Fsp3) is 0.333. The second-order valence-corrected chi connectivity index (χ2v) is 8.36. The topological polar surface area (TPSA) is 82.6 Å². The minimum atomic E-state index is -0.656. The number of nitrogens with zero attached hydrogens (tertiary/aromatic N) is 1. The first-order chi connectivity index (χ1) is 16.1. The summed E-state index contributed by atoms with van der Waals surface area (Å²) in [5.74, 6) is -0.692. The second kappa shape index (κ2) is 9.94. The zero-order chi connectivity index (χ0) is 23.4. The number of amides is 1. The van der Waals surface area contributed by atoms with E-state index in [4.69, 9.17) is 4.74 Å². The van der Waals surface area contributed by atoms with Crippen LogP contribution < -0.4 is 4.74 Å². The average Bonchev–Trinajstić information content (AvgIpc) is 3.36. The van der Waals surface area contributed by atoms with E-state index < -0.39 is 17.7 Å². The summed E-state index contributed by atoms with van der Waals surface area (Å²) in [5, 5.41) is 12.1. The van der Waals surface area contributed by atoms with Gasteiger partial charge in [0.2, 0.25) is 0 Å². The molecule has 1 saturated heterocycles. The number of ether oxygens (including phenoxy) is 1. The van der Waals surface area contributed by atoms with Gasteiger partial charge in [-0.3, -0.25) is 9.59 Å². The Morgan fingerprint density at radius 3 is 2.52 bits per heavy atom. The zero-order valence-corrected chi connectivity index (χ0v) is 19.1. The number of fused-ring (bicyclic) bond motifs is 1. The van der Waals surface area contributed by atoms with Crippen LogP contribution in [0.25, 0.3) is 16.7 Å². The first kappa shape index (κ1) is 22.6. The van der Waals surface area contributed by atoms with E-state index in [0.717, 1.165) is 35.7 Å². The number of carbonyl (C=O) groups is 2. The molecule has 6 heteroatoms. The van der Waals surface area contributed by atoms with E-state index in [1.807, 2.05) is 37.4 Å². The summed E-state index contributed by atoms with van der Waals surface area (Å²) in [6, 6.07) is 14.1. The molecule has 6 nitrogen and oxygen atoms in total. The summed E-state index contributed by atoms with van der Waals surface area (Å²) in [4.78, 5) is 30.8. The average molecular weight is 447 g/mol. The highest BCUT2D eigenvalue weighted by molar-refractivity contribution is 6.46. The predicted molar refractivity (Wildman–Crippen MR) is 129 cm³/mol. The van der Waals surface area contributed by atoms with Crippen LogP contribution in [0.3, 0.4) is 0 Å². The lowest BCUT2D eigenvalue weighted by atomic mass is 9.95. The van der Waals surface area contributed by atoms with E-state index in [9.17, 15) is 14.7 Å². The molecule has 0 radical (unpaired) electrons. The molecule has 0 spiro atoms. The standard InChI is InChI=1S/C27H30N2O4/c1-3-5-8-16-33-19-13-11-18(12-14-19)25(30)23-24(29(15-4-2)27(32)26(23)31)21-17-28-22-10-7-6-9-20(21)22/h6-7,9-14,17,24,28,30H,3-5,8,15-16H2,1-2H3/b25-23+. The molecule has 172 valence electrons. The Balaban J connectivity index is 1.73. The van der Waals surface area contributed by atoms with Gasteiger partial charge in [-0.05, 0) is 43.2 Å². The number of ketones is 1. The van der Waals surface area contributed by atoms with Gasteiger partial charge in [0.05, 0.1) is 18.2 Å². The molecule has 2 aromatic carbocycles. The Kier molecular flexibility index (Phi) is 6.82. The van der Waals surface area contributed by atoms with Crippen molar-refractivity contribution in [2.24, 2.45) is 0 Å². The largest absolute Gasteiger partial charge is 0.507 e. The minimum absolute atomic E-state index is 0.120. The number of hydrogen-bond acceptors (Lipinski definition) is 4. The number of unbranched alkanes of at least 4 members (excludes halogenated alkanes) is 2. The van der Waals surface area contributed by atoms with Crippen molar-refractivity contribution in [3.8, 4) is 5.75 Å². The molecule has 1 aliphatic heterocycles. The molecule has 0 aliphatic carbocycles. The molecule has 1 atom stereocenters. The molecule has 2 heterocycles. The molecule has 0 bridgehead atoms. The molecule has 1 aromatic heterocycles. The van der Waals surface area contributed by atoms with Crippen LogP contribution in [-0.2, 0) is 9.59 Å². The van der Waals surface area contributed by atoms with Crippen LogP contribution in [-0.4, -0.2) is 39.8 Å². The molecule has 3 aromatic rings. The minimum Gasteiger partial charge on any atom is -0.507 e. The van der Waals surface area contributed by atoms with Crippen LogP contribution in [0.15, 0.2) is 60.3 Å². The SMILES string of the molecule is CCCCCOc1ccc(/C(O)=C2\C(=O)C(=O)N(CCC)C2c2c[nH]c3ccccc23)cc1. The van der Waals surface area contributed by atoms with Gasteiger partial charge >= 0.3 is 0 Å². The van der Waals surface area contributed by atoms with Crippen LogP contribution in [0, 0.1) is 0 Å². The number of aromatic amines is 1. The highest BCUT2D eigenvalue weighted by Crippen LogP contribution is 2.42. The van der Waals surface area contributed by atoms with Gasteiger partial charge in [-0.1, -0.05) is 44.9 Å². The summed E-state index contributed by atoms with van der Waals surface area (Å²) >= 11 is 0. The Hall–Kier alpha value is -3.54. The maximum atomic E-state index is 13.1. The number of rotatable bonds is 9. The summed E-state index contributed by atoms with van der Waals surface area (Å²) in [6.07, 6.45) is 5.76. The number of H-pyrrole nitrogens is 1. The number of benzene rings is 2. The van der Waals surface area contributed by atoms with Crippen molar-refractivity contribution in [1.29, 1.82) is 0 Å². The highest BCUT2D eigenvalue weighted by Gasteiger charge is 2.46. The number of nitrogens with one attached hydrogen (secondary N) is 1. The number of aromatic nitrogens is 1. The van der Waals surface area contributed by atoms with Crippen LogP contribution in [0.1, 0.15) is 56.7 Å². The van der Waals surface area contributed by atoms with Crippen LogP contribution in [0.5, 0.6) is 5.75 Å². The lowest BCUT2D eigenvalue weighted by molar-refractivity contribution is -0.139. The van der Waals surface area contributed by atoms with Gasteiger partial charge in [0.25, 0.3) is 11.7 Å². The van der Waals surface area contributed by atoms with Gasteiger partial charge in [-0.25, -0.2) is 0 Å². The lowest BCUT2D eigenvalue weighted by Gasteiger charge is -2.24. The van der Waals surface area contributed by atoms with E-state index in [-0.39, 0.29) is 11.3 Å². The quantitative estimate of drug-likeness (QED) is 0.195. The van der Waals surface area contributed by atoms with Gasteiger partial charge in [-0.2, -0.15) is 0 Å². The first-order valence-electron chi connectivity index (χ1n) is 11.6. The van der Waals surface area contributed by atoms with Crippen molar-refractivity contribution in [2.45, 2.75) is 45.6 Å². The molecular weight excluding hydrogens is 416 g/mol. The van der Waals surface area contributed by atoms with Crippen molar-refractivity contribution in [1.82, 2.24) is 9.88 Å². The summed E-state index contributed by atoms with van der Waals surface area (Å²) in [7, 11) is 0. The van der Waals surface area contributed by atoms with Gasteiger partial charge < -0.3 is 19.7 Å². The fourth-order valence-electron chi connectivity index (χ4n) is 4.40. The van der Waals surface area contributed by atoms with E-state index in [1.165, 1.54) is 0 Å². The molecule has 1 unspecified atom stereocenters. The number of likely N-dealkylation sites (tertiary alicyclic amines) is 1.